The van der Waals surface area contributed by atoms with Gasteiger partial charge in [-0.25, -0.2) is 8.42 Å². The number of benzene rings is 1. The first-order valence-electron chi connectivity index (χ1n) is 9.79. The number of aromatic nitrogens is 2. The molecule has 1 aliphatic rings. The van der Waals surface area contributed by atoms with Crippen LogP contribution in [-0.4, -0.2) is 59.5 Å². The number of amides is 1. The lowest BCUT2D eigenvalue weighted by atomic mass is 10.2. The van der Waals surface area contributed by atoms with Crippen LogP contribution in [0.4, 0.5) is 0 Å². The number of piperazine rings is 1. The van der Waals surface area contributed by atoms with Crippen LogP contribution in [0.1, 0.15) is 26.6 Å². The lowest BCUT2D eigenvalue weighted by Crippen LogP contribution is -2.50. The minimum absolute atomic E-state index is 0.0370. The molecule has 0 bridgehead atoms. The van der Waals surface area contributed by atoms with Crippen molar-refractivity contribution in [1.82, 2.24) is 19.0 Å². The van der Waals surface area contributed by atoms with Crippen LogP contribution in [-0.2, 0) is 16.6 Å². The van der Waals surface area contributed by atoms with Crippen LogP contribution < -0.4 is 0 Å². The Morgan fingerprint density at radius 1 is 1.03 bits per heavy atom. The molecule has 0 spiro atoms. The predicted molar refractivity (Wildman–Crippen MR) is 116 cm³/mol. The lowest BCUT2D eigenvalue weighted by Gasteiger charge is -2.33. The summed E-state index contributed by atoms with van der Waals surface area (Å²) in [5.74, 6) is -0.0370. The summed E-state index contributed by atoms with van der Waals surface area (Å²) in [6.45, 7) is 5.37. The second kappa shape index (κ2) is 8.33. The van der Waals surface area contributed by atoms with Gasteiger partial charge in [-0.2, -0.15) is 9.40 Å². The van der Waals surface area contributed by atoms with Gasteiger partial charge in [0.05, 0.1) is 22.8 Å². The first-order valence-corrected chi connectivity index (χ1v) is 12.1. The molecule has 0 N–H and O–H groups in total. The molecular formula is C21H24N4O3S2. The summed E-state index contributed by atoms with van der Waals surface area (Å²) >= 11 is 1.40. The fourth-order valence-corrected chi connectivity index (χ4v) is 6.27. The van der Waals surface area contributed by atoms with Crippen LogP contribution >= 0.6 is 11.3 Å². The molecule has 0 radical (unpaired) electrons. The monoisotopic (exact) mass is 444 g/mol. The molecule has 7 nitrogen and oxygen atoms in total. The van der Waals surface area contributed by atoms with Crippen LogP contribution in [0.5, 0.6) is 0 Å². The van der Waals surface area contributed by atoms with E-state index in [1.165, 1.54) is 15.6 Å². The summed E-state index contributed by atoms with van der Waals surface area (Å²) in [7, 11) is -3.68. The zero-order valence-corrected chi connectivity index (χ0v) is 18.6. The van der Waals surface area contributed by atoms with Gasteiger partial charge in [0.25, 0.3) is 5.91 Å². The van der Waals surface area contributed by atoms with Crippen LogP contribution in [0.3, 0.4) is 0 Å². The average molecular weight is 445 g/mol. The Labute approximate surface area is 180 Å². The van der Waals surface area contributed by atoms with E-state index in [4.69, 9.17) is 0 Å². The topological polar surface area (TPSA) is 75.5 Å². The molecule has 1 fully saturated rings. The first kappa shape index (κ1) is 20.8. The summed E-state index contributed by atoms with van der Waals surface area (Å²) in [4.78, 5) is 15.2. The van der Waals surface area contributed by atoms with Gasteiger partial charge in [-0.15, -0.1) is 11.3 Å². The van der Waals surface area contributed by atoms with Gasteiger partial charge >= 0.3 is 0 Å². The van der Waals surface area contributed by atoms with E-state index in [1.54, 1.807) is 29.5 Å². The molecule has 3 heterocycles. The molecule has 4 rings (SSSR count). The smallest absolute Gasteiger partial charge is 0.264 e. The zero-order valence-electron chi connectivity index (χ0n) is 17.0. The van der Waals surface area contributed by atoms with Crippen LogP contribution in [0.15, 0.2) is 52.7 Å². The van der Waals surface area contributed by atoms with E-state index in [9.17, 15) is 13.2 Å². The molecule has 1 aliphatic heterocycles. The highest BCUT2D eigenvalue weighted by Crippen LogP contribution is 2.25. The molecule has 0 unspecified atom stereocenters. The van der Waals surface area contributed by atoms with Gasteiger partial charge in [0.1, 0.15) is 4.90 Å². The molecule has 3 aromatic rings. The molecule has 0 atom stereocenters. The highest BCUT2D eigenvalue weighted by molar-refractivity contribution is 7.89. The van der Waals surface area contributed by atoms with Crippen LogP contribution in [0.2, 0.25) is 0 Å². The maximum Gasteiger partial charge on any atom is 0.264 e. The first-order chi connectivity index (χ1) is 14.4. The van der Waals surface area contributed by atoms with Crippen molar-refractivity contribution in [2.24, 2.45) is 0 Å². The van der Waals surface area contributed by atoms with Gasteiger partial charge < -0.3 is 4.90 Å². The Balaban J connectivity index is 1.51. The number of rotatable bonds is 5. The summed E-state index contributed by atoms with van der Waals surface area (Å²) in [6, 6.07) is 13.5. The normalized spacial score (nSPS) is 15.5. The number of nitrogens with zero attached hydrogens (tertiary/aromatic N) is 4. The number of carbonyl (C=O) groups is 1. The molecule has 1 saturated heterocycles. The Bertz CT molecular complexity index is 1130. The van der Waals surface area contributed by atoms with E-state index in [0.29, 0.717) is 35.9 Å². The van der Waals surface area contributed by atoms with Crippen molar-refractivity contribution < 1.29 is 13.2 Å². The van der Waals surface area contributed by atoms with Crippen molar-refractivity contribution in [3.63, 3.8) is 0 Å². The molecule has 30 heavy (non-hydrogen) atoms. The van der Waals surface area contributed by atoms with Crippen LogP contribution in [0.25, 0.3) is 0 Å². The minimum atomic E-state index is -3.68. The molecule has 9 heteroatoms. The number of carbonyl (C=O) groups excluding carboxylic acids is 1. The second-order valence-corrected chi connectivity index (χ2v) is 10.1. The Morgan fingerprint density at radius 2 is 1.73 bits per heavy atom. The number of hydrogen-bond donors (Lipinski definition) is 0. The fraction of sp³-hybridized carbons (Fsp3) is 0.333. The van der Waals surface area contributed by atoms with Gasteiger partial charge in [-0.05, 0) is 30.9 Å². The van der Waals surface area contributed by atoms with E-state index < -0.39 is 10.0 Å². The Hall–Kier alpha value is -2.49. The van der Waals surface area contributed by atoms with Crippen molar-refractivity contribution in [1.29, 1.82) is 0 Å². The highest BCUT2D eigenvalue weighted by Gasteiger charge is 2.34. The number of aryl methyl sites for hydroxylation is 1. The summed E-state index contributed by atoms with van der Waals surface area (Å²) in [5.41, 5.74) is 2.20. The average Bonchev–Trinajstić information content (AvgIpc) is 3.37. The maximum atomic E-state index is 13.4. The van der Waals surface area contributed by atoms with Crippen molar-refractivity contribution in [3.05, 3.63) is 69.7 Å². The molecule has 2 aromatic heterocycles. The number of sulfonamides is 1. The van der Waals surface area contributed by atoms with Crippen molar-refractivity contribution in [2.45, 2.75) is 25.3 Å². The summed E-state index contributed by atoms with van der Waals surface area (Å²) < 4.78 is 30.0. The third-order valence-electron chi connectivity index (χ3n) is 5.35. The second-order valence-electron chi connectivity index (χ2n) is 7.32. The molecule has 1 amide bonds. The lowest BCUT2D eigenvalue weighted by molar-refractivity contribution is 0.0702. The van der Waals surface area contributed by atoms with Gasteiger partial charge in [0.15, 0.2) is 0 Å². The van der Waals surface area contributed by atoms with Crippen molar-refractivity contribution in [2.75, 3.05) is 26.2 Å². The minimum Gasteiger partial charge on any atom is -0.335 e. The van der Waals surface area contributed by atoms with E-state index >= 15 is 0 Å². The van der Waals surface area contributed by atoms with Gasteiger partial charge in [-0.3, -0.25) is 9.48 Å². The maximum absolute atomic E-state index is 13.4. The number of thiophene rings is 1. The molecule has 1 aromatic carbocycles. The summed E-state index contributed by atoms with van der Waals surface area (Å²) in [6.07, 6.45) is 0. The molecule has 0 saturated carbocycles. The zero-order chi connectivity index (χ0) is 21.3. The van der Waals surface area contributed by atoms with Crippen molar-refractivity contribution >= 4 is 27.3 Å². The van der Waals surface area contributed by atoms with Gasteiger partial charge in [0, 0.05) is 26.2 Å². The van der Waals surface area contributed by atoms with E-state index in [-0.39, 0.29) is 23.9 Å². The standard InChI is InChI=1S/C21H24N4O3S2/c1-16-20(17(2)25(22-16)15-18-7-4-3-5-8-18)30(27,28)24-12-10-23(11-13-24)21(26)19-9-6-14-29-19/h3-9,14H,10-13,15H2,1-2H3. The highest BCUT2D eigenvalue weighted by atomic mass is 32.2. The quantitative estimate of drug-likeness (QED) is 0.606. The third-order valence-corrected chi connectivity index (χ3v) is 8.36. The fourth-order valence-electron chi connectivity index (χ4n) is 3.78. The van der Waals surface area contributed by atoms with Crippen LogP contribution in [0, 0.1) is 13.8 Å². The molecule has 0 aliphatic carbocycles. The Kier molecular flexibility index (Phi) is 5.77. The van der Waals surface area contributed by atoms with E-state index in [1.807, 2.05) is 41.8 Å². The van der Waals surface area contributed by atoms with Gasteiger partial charge in [0.2, 0.25) is 10.0 Å². The van der Waals surface area contributed by atoms with Gasteiger partial charge in [-0.1, -0.05) is 36.4 Å². The molecule has 158 valence electrons. The predicted octanol–water partition coefficient (Wildman–Crippen LogP) is 2.76. The van der Waals surface area contributed by atoms with Crippen molar-refractivity contribution in [3.8, 4) is 0 Å². The largest absolute Gasteiger partial charge is 0.335 e. The number of hydrogen-bond acceptors (Lipinski definition) is 5. The third kappa shape index (κ3) is 3.92. The Morgan fingerprint density at radius 3 is 2.37 bits per heavy atom. The summed E-state index contributed by atoms with van der Waals surface area (Å²) in [5, 5.41) is 6.36. The molecular weight excluding hydrogens is 420 g/mol. The SMILES string of the molecule is Cc1nn(Cc2ccccc2)c(C)c1S(=O)(=O)N1CCN(C(=O)c2cccs2)CC1. The van der Waals surface area contributed by atoms with E-state index in [2.05, 4.69) is 5.10 Å². The van der Waals surface area contributed by atoms with E-state index in [0.717, 1.165) is 5.56 Å².